The molecule has 0 unspecified atom stereocenters. The monoisotopic (exact) mass is 170 g/mol. The predicted octanol–water partition coefficient (Wildman–Crippen LogP) is 1.65. The van der Waals surface area contributed by atoms with Crippen molar-refractivity contribution < 1.29 is 9.58 Å². The first kappa shape index (κ1) is 7.65. The Morgan fingerprint density at radius 1 is 1.38 bits per heavy atom. The minimum absolute atomic E-state index is 0.274. The number of rotatable bonds is 2. The van der Waals surface area contributed by atoms with Crippen LogP contribution in [0.1, 0.15) is 21.5 Å². The summed E-state index contributed by atoms with van der Waals surface area (Å²) >= 11 is 0. The molecule has 13 heavy (non-hydrogen) atoms. The molecule has 0 N–H and O–H groups in total. The van der Waals surface area contributed by atoms with Crippen molar-refractivity contribution in [1.82, 2.24) is 0 Å². The highest BCUT2D eigenvalue weighted by Gasteiger charge is 2.16. The summed E-state index contributed by atoms with van der Waals surface area (Å²) in [5.74, 6) is -0.274. The van der Waals surface area contributed by atoms with Gasteiger partial charge in [-0.25, -0.2) is 0 Å². The molecule has 1 aromatic carbocycles. The van der Waals surface area contributed by atoms with Gasteiger partial charge in [0.05, 0.1) is 0 Å². The van der Waals surface area contributed by atoms with E-state index in [1.165, 1.54) is 0 Å². The van der Waals surface area contributed by atoms with Crippen LogP contribution in [0.5, 0.6) is 0 Å². The van der Waals surface area contributed by atoms with Gasteiger partial charge in [0.1, 0.15) is 0 Å². The molecular formula is C10H6N2O. The number of carbonyl (C=O) groups is 1. The topological polar surface area (TPSA) is 53.5 Å². The Balaban J connectivity index is 2.49. The minimum atomic E-state index is -0.274. The number of ketones is 1. The number of nitrogens with zero attached hydrogens (tertiary/aromatic N) is 2. The van der Waals surface area contributed by atoms with E-state index in [0.29, 0.717) is 5.56 Å². The van der Waals surface area contributed by atoms with Crippen molar-refractivity contribution in [1.29, 1.82) is 0 Å². The van der Waals surface area contributed by atoms with Crippen LogP contribution in [0, 0.1) is 0 Å². The third-order valence-electron chi connectivity index (χ3n) is 2.01. The molecular weight excluding hydrogens is 164 g/mol. The number of Topliss-reactive ketones (excluding diaryl/α,β-unsaturated/α-hetero) is 1. The fraction of sp³-hybridized carbons (Fsp3) is 0. The molecule has 1 aliphatic carbocycles. The van der Waals surface area contributed by atoms with Gasteiger partial charge in [-0.15, -0.1) is 0 Å². The Bertz CT molecular complexity index is 454. The molecule has 0 atom stereocenters. The van der Waals surface area contributed by atoms with Gasteiger partial charge in [-0.3, -0.25) is 4.79 Å². The van der Waals surface area contributed by atoms with E-state index in [9.17, 15) is 4.79 Å². The molecule has 0 heterocycles. The van der Waals surface area contributed by atoms with E-state index in [4.69, 9.17) is 5.53 Å². The Morgan fingerprint density at radius 2 is 2.23 bits per heavy atom. The third-order valence-corrected chi connectivity index (χ3v) is 2.01. The van der Waals surface area contributed by atoms with E-state index >= 15 is 0 Å². The van der Waals surface area contributed by atoms with Crippen molar-refractivity contribution in [2.45, 2.75) is 0 Å². The lowest BCUT2D eigenvalue weighted by atomic mass is 9.91. The average Bonchev–Trinajstić information content (AvgIpc) is 2.07. The van der Waals surface area contributed by atoms with Crippen LogP contribution in [0.3, 0.4) is 0 Å². The van der Waals surface area contributed by atoms with Gasteiger partial charge in [-0.05, 0) is 11.1 Å². The van der Waals surface area contributed by atoms with Crippen molar-refractivity contribution in [2.75, 3.05) is 0 Å². The summed E-state index contributed by atoms with van der Waals surface area (Å²) in [4.78, 5) is 14.0. The van der Waals surface area contributed by atoms with E-state index in [-0.39, 0.29) is 5.78 Å². The molecule has 3 nitrogen and oxygen atoms in total. The zero-order chi connectivity index (χ0) is 9.26. The van der Waals surface area contributed by atoms with Crippen molar-refractivity contribution in [3.63, 3.8) is 0 Å². The SMILES string of the molecule is [N-]=[N+]=CC(=O)c1cccc2c1C=C2. The van der Waals surface area contributed by atoms with Crippen LogP contribution in [0.15, 0.2) is 18.2 Å². The first-order valence-electron chi connectivity index (χ1n) is 3.86. The van der Waals surface area contributed by atoms with Crippen molar-refractivity contribution in [3.8, 4) is 0 Å². The number of hydrogen-bond donors (Lipinski definition) is 0. The van der Waals surface area contributed by atoms with Crippen LogP contribution in [-0.2, 0) is 0 Å². The lowest BCUT2D eigenvalue weighted by molar-refractivity contribution is 0.00234. The second kappa shape index (κ2) is 2.81. The lowest BCUT2D eigenvalue weighted by Crippen LogP contribution is -2.06. The lowest BCUT2D eigenvalue weighted by Gasteiger charge is -2.11. The predicted molar refractivity (Wildman–Crippen MR) is 49.4 cm³/mol. The molecule has 3 heteroatoms. The highest BCUT2D eigenvalue weighted by Crippen LogP contribution is 2.26. The Labute approximate surface area is 74.9 Å². The minimum Gasteiger partial charge on any atom is -0.361 e. The average molecular weight is 170 g/mol. The summed E-state index contributed by atoms with van der Waals surface area (Å²) in [6.07, 6.45) is 4.71. The van der Waals surface area contributed by atoms with Gasteiger partial charge in [0.15, 0.2) is 0 Å². The number of benzene rings is 1. The van der Waals surface area contributed by atoms with Gasteiger partial charge in [0.2, 0.25) is 0 Å². The van der Waals surface area contributed by atoms with Crippen LogP contribution in [0.2, 0.25) is 0 Å². The highest BCUT2D eigenvalue weighted by molar-refractivity contribution is 6.34. The van der Waals surface area contributed by atoms with Gasteiger partial charge >= 0.3 is 6.21 Å². The van der Waals surface area contributed by atoms with Crippen molar-refractivity contribution in [3.05, 3.63) is 40.4 Å². The highest BCUT2D eigenvalue weighted by atomic mass is 16.1. The fourth-order valence-electron chi connectivity index (χ4n) is 1.33. The maximum atomic E-state index is 11.3. The van der Waals surface area contributed by atoms with Crippen LogP contribution in [0.25, 0.3) is 17.7 Å². The Kier molecular flexibility index (Phi) is 1.65. The van der Waals surface area contributed by atoms with Crippen molar-refractivity contribution >= 4 is 24.1 Å². The molecule has 0 saturated heterocycles. The molecule has 1 aromatic rings. The summed E-state index contributed by atoms with van der Waals surface area (Å²) in [7, 11) is 0. The normalized spacial score (nSPS) is 11.1. The van der Waals surface area contributed by atoms with Gasteiger partial charge in [-0.2, -0.15) is 4.79 Å². The van der Waals surface area contributed by atoms with Gasteiger partial charge in [-0.1, -0.05) is 30.4 Å². The number of fused-ring (bicyclic) bond motifs is 1. The molecule has 1 aliphatic rings. The smallest absolute Gasteiger partial charge is 0.328 e. The van der Waals surface area contributed by atoms with Crippen LogP contribution >= 0.6 is 0 Å². The van der Waals surface area contributed by atoms with Crippen LogP contribution < -0.4 is 0 Å². The molecule has 0 bridgehead atoms. The first-order valence-corrected chi connectivity index (χ1v) is 3.86. The van der Waals surface area contributed by atoms with Crippen LogP contribution in [-0.4, -0.2) is 16.8 Å². The third kappa shape index (κ3) is 1.11. The molecule has 2 rings (SSSR count). The molecule has 0 saturated carbocycles. The van der Waals surface area contributed by atoms with Crippen LogP contribution in [0.4, 0.5) is 0 Å². The zero-order valence-corrected chi connectivity index (χ0v) is 6.77. The molecule has 0 radical (unpaired) electrons. The summed E-state index contributed by atoms with van der Waals surface area (Å²) < 4.78 is 0. The largest absolute Gasteiger partial charge is 0.361 e. The summed E-state index contributed by atoms with van der Waals surface area (Å²) in [5, 5.41) is 0. The fourth-order valence-corrected chi connectivity index (χ4v) is 1.33. The first-order chi connectivity index (χ1) is 6.33. The van der Waals surface area contributed by atoms with E-state index in [1.54, 1.807) is 12.1 Å². The second-order valence-electron chi connectivity index (χ2n) is 2.75. The van der Waals surface area contributed by atoms with Crippen molar-refractivity contribution in [2.24, 2.45) is 0 Å². The molecule has 0 aliphatic heterocycles. The summed E-state index contributed by atoms with van der Waals surface area (Å²) in [6.45, 7) is 0. The molecule has 62 valence electrons. The van der Waals surface area contributed by atoms with E-state index < -0.39 is 0 Å². The van der Waals surface area contributed by atoms with E-state index in [2.05, 4.69) is 4.79 Å². The zero-order valence-electron chi connectivity index (χ0n) is 6.77. The van der Waals surface area contributed by atoms with Gasteiger partial charge < -0.3 is 5.53 Å². The maximum absolute atomic E-state index is 11.3. The Morgan fingerprint density at radius 3 is 2.85 bits per heavy atom. The number of carbonyl (C=O) groups excluding carboxylic acids is 1. The standard InChI is InChI=1S/C10H6N2O/c11-12-6-10(13)9-3-1-2-7-4-5-8(7)9/h1-6H. The second-order valence-corrected chi connectivity index (χ2v) is 2.75. The maximum Gasteiger partial charge on any atom is 0.328 e. The summed E-state index contributed by atoms with van der Waals surface area (Å²) in [6, 6.07) is 5.45. The Hall–Kier alpha value is -1.99. The molecule has 0 amide bonds. The van der Waals surface area contributed by atoms with E-state index in [1.807, 2.05) is 18.2 Å². The molecule has 0 fully saturated rings. The van der Waals surface area contributed by atoms with Gasteiger partial charge in [0, 0.05) is 5.56 Å². The van der Waals surface area contributed by atoms with Gasteiger partial charge in [0.25, 0.3) is 5.78 Å². The summed E-state index contributed by atoms with van der Waals surface area (Å²) in [5.41, 5.74) is 10.8. The van der Waals surface area contributed by atoms with E-state index in [0.717, 1.165) is 17.3 Å². The molecule has 0 aromatic heterocycles. The quantitative estimate of drug-likeness (QED) is 0.292. The number of hydrogen-bond acceptors (Lipinski definition) is 1. The molecule has 0 spiro atoms.